The van der Waals surface area contributed by atoms with E-state index in [1.807, 2.05) is 24.3 Å². The van der Waals surface area contributed by atoms with Crippen molar-refractivity contribution in [3.8, 4) is 11.5 Å². The third-order valence-electron chi connectivity index (χ3n) is 5.86. The van der Waals surface area contributed by atoms with Gasteiger partial charge in [0.1, 0.15) is 18.0 Å². The Morgan fingerprint density at radius 2 is 1.73 bits per heavy atom. The van der Waals surface area contributed by atoms with Crippen LogP contribution in [0.15, 0.2) is 71.2 Å². The highest BCUT2D eigenvalue weighted by atomic mass is 79.9. The molecule has 3 aromatic rings. The minimum absolute atomic E-state index is 0.135. The summed E-state index contributed by atoms with van der Waals surface area (Å²) < 4.78 is 6.80. The van der Waals surface area contributed by atoms with Gasteiger partial charge in [0.2, 0.25) is 5.91 Å². The lowest BCUT2D eigenvalue weighted by Gasteiger charge is -2.34. The zero-order valence-electron chi connectivity index (χ0n) is 20.0. The van der Waals surface area contributed by atoms with Gasteiger partial charge in [0, 0.05) is 53.3 Å². The number of likely N-dealkylation sites (N-methyl/N-ethyl adjacent to an activating group) is 1. The van der Waals surface area contributed by atoms with Crippen LogP contribution in [0.25, 0.3) is 0 Å². The van der Waals surface area contributed by atoms with E-state index in [1.54, 1.807) is 54.4 Å². The van der Waals surface area contributed by atoms with E-state index < -0.39 is 11.8 Å². The van der Waals surface area contributed by atoms with Crippen LogP contribution in [0.1, 0.15) is 11.1 Å². The first-order valence-corrected chi connectivity index (χ1v) is 13.0. The molecule has 0 radical (unpaired) electrons. The normalized spacial score (nSPS) is 13.5. The molecule has 3 amide bonds. The SMILES string of the molecule is CN(Cc1ccc(Br)cc1Oc1cccc(Cl)c1)C(=O)C(=O)N1CCN(Cc2cccc(Cl)c2)C(=O)C1. The van der Waals surface area contributed by atoms with E-state index in [0.29, 0.717) is 40.2 Å². The average Bonchev–Trinajstić information content (AvgIpc) is 2.86. The molecule has 0 atom stereocenters. The Bertz CT molecular complexity index is 1340. The first-order chi connectivity index (χ1) is 17.7. The molecule has 10 heteroatoms. The molecular weight excluding hydrogens is 581 g/mol. The van der Waals surface area contributed by atoms with Gasteiger partial charge in [0.25, 0.3) is 0 Å². The van der Waals surface area contributed by atoms with Crippen molar-refractivity contribution in [1.29, 1.82) is 0 Å². The highest BCUT2D eigenvalue weighted by molar-refractivity contribution is 9.10. The highest BCUT2D eigenvalue weighted by Gasteiger charge is 2.32. The van der Waals surface area contributed by atoms with E-state index in [1.165, 1.54) is 9.80 Å². The van der Waals surface area contributed by atoms with E-state index in [4.69, 9.17) is 27.9 Å². The fourth-order valence-electron chi connectivity index (χ4n) is 3.94. The number of carbonyl (C=O) groups excluding carboxylic acids is 3. The van der Waals surface area contributed by atoms with Crippen molar-refractivity contribution in [3.05, 3.63) is 92.4 Å². The van der Waals surface area contributed by atoms with Gasteiger partial charge in [0.15, 0.2) is 0 Å². The summed E-state index contributed by atoms with van der Waals surface area (Å²) in [6.45, 7) is 0.982. The molecule has 0 saturated carbocycles. The van der Waals surface area contributed by atoms with E-state index in [0.717, 1.165) is 10.0 Å². The first-order valence-electron chi connectivity index (χ1n) is 11.5. The Kier molecular flexibility index (Phi) is 8.74. The van der Waals surface area contributed by atoms with Crippen molar-refractivity contribution in [3.63, 3.8) is 0 Å². The lowest BCUT2D eigenvalue weighted by Crippen LogP contribution is -2.55. The van der Waals surface area contributed by atoms with Gasteiger partial charge in [-0.25, -0.2) is 0 Å². The molecular formula is C27H24BrCl2N3O4. The minimum atomic E-state index is -0.715. The summed E-state index contributed by atoms with van der Waals surface area (Å²) in [5, 5.41) is 1.13. The van der Waals surface area contributed by atoms with Crippen LogP contribution >= 0.6 is 39.1 Å². The predicted molar refractivity (Wildman–Crippen MR) is 146 cm³/mol. The zero-order chi connectivity index (χ0) is 26.5. The van der Waals surface area contributed by atoms with Crippen molar-refractivity contribution in [2.75, 3.05) is 26.7 Å². The summed E-state index contributed by atoms with van der Waals surface area (Å²) >= 11 is 15.5. The lowest BCUT2D eigenvalue weighted by atomic mass is 10.1. The van der Waals surface area contributed by atoms with Gasteiger partial charge in [-0.1, -0.05) is 63.4 Å². The Hall–Kier alpha value is -3.07. The molecule has 0 spiro atoms. The van der Waals surface area contributed by atoms with Crippen LogP contribution in [-0.2, 0) is 27.5 Å². The molecule has 4 rings (SSSR count). The molecule has 7 nitrogen and oxygen atoms in total. The van der Waals surface area contributed by atoms with Crippen molar-refractivity contribution in [1.82, 2.24) is 14.7 Å². The van der Waals surface area contributed by atoms with Gasteiger partial charge < -0.3 is 19.4 Å². The monoisotopic (exact) mass is 603 g/mol. The van der Waals surface area contributed by atoms with Crippen molar-refractivity contribution in [2.24, 2.45) is 0 Å². The molecule has 0 N–H and O–H groups in total. The van der Waals surface area contributed by atoms with E-state index in [2.05, 4.69) is 15.9 Å². The quantitative estimate of drug-likeness (QED) is 0.354. The van der Waals surface area contributed by atoms with E-state index in [-0.39, 0.29) is 25.5 Å². The number of ether oxygens (including phenoxy) is 1. The second-order valence-electron chi connectivity index (χ2n) is 8.64. The smallest absolute Gasteiger partial charge is 0.312 e. The van der Waals surface area contributed by atoms with Crippen molar-refractivity contribution < 1.29 is 19.1 Å². The molecule has 1 aliphatic rings. The van der Waals surface area contributed by atoms with Crippen LogP contribution in [0.4, 0.5) is 0 Å². The molecule has 37 heavy (non-hydrogen) atoms. The molecule has 0 bridgehead atoms. The van der Waals surface area contributed by atoms with Gasteiger partial charge in [-0.3, -0.25) is 14.4 Å². The standard InChI is InChI=1S/C27H24BrCl2N3O4/c1-31(16-19-8-9-20(28)13-24(19)37-23-7-3-6-22(30)14-23)26(35)27(36)33-11-10-32(25(34)17-33)15-18-4-2-5-21(29)12-18/h2-9,12-14H,10-11,15-17H2,1H3. The van der Waals surface area contributed by atoms with Crippen molar-refractivity contribution >= 4 is 56.9 Å². The number of rotatable bonds is 6. The maximum absolute atomic E-state index is 13.0. The fourth-order valence-corrected chi connectivity index (χ4v) is 4.68. The Morgan fingerprint density at radius 1 is 1.00 bits per heavy atom. The highest BCUT2D eigenvalue weighted by Crippen LogP contribution is 2.30. The number of benzene rings is 3. The molecule has 1 fully saturated rings. The zero-order valence-corrected chi connectivity index (χ0v) is 23.1. The summed E-state index contributed by atoms with van der Waals surface area (Å²) in [5.41, 5.74) is 1.61. The molecule has 1 saturated heterocycles. The van der Waals surface area contributed by atoms with Gasteiger partial charge in [-0.2, -0.15) is 0 Å². The number of amides is 3. The Labute approximate surface area is 233 Å². The summed E-state index contributed by atoms with van der Waals surface area (Å²) in [7, 11) is 1.54. The Morgan fingerprint density at radius 3 is 2.43 bits per heavy atom. The van der Waals surface area contributed by atoms with Gasteiger partial charge in [0.05, 0.1) is 0 Å². The average molecular weight is 605 g/mol. The van der Waals surface area contributed by atoms with Crippen LogP contribution in [0.3, 0.4) is 0 Å². The van der Waals surface area contributed by atoms with Crippen LogP contribution < -0.4 is 4.74 Å². The summed E-state index contributed by atoms with van der Waals surface area (Å²) in [6.07, 6.45) is 0. The molecule has 0 unspecified atom stereocenters. The van der Waals surface area contributed by atoms with Gasteiger partial charge >= 0.3 is 11.8 Å². The third-order valence-corrected chi connectivity index (χ3v) is 6.82. The number of halogens is 3. The van der Waals surface area contributed by atoms with Crippen LogP contribution in [0.5, 0.6) is 11.5 Å². The van der Waals surface area contributed by atoms with Gasteiger partial charge in [-0.05, 0) is 48.0 Å². The summed E-state index contributed by atoms with van der Waals surface area (Å²) in [6, 6.07) is 19.7. The molecule has 0 aliphatic carbocycles. The Balaban J connectivity index is 1.38. The number of nitrogens with zero attached hydrogens (tertiary/aromatic N) is 3. The second kappa shape index (κ2) is 12.0. The fraction of sp³-hybridized carbons (Fsp3) is 0.222. The van der Waals surface area contributed by atoms with E-state index in [9.17, 15) is 14.4 Å². The number of hydrogen-bond acceptors (Lipinski definition) is 4. The maximum atomic E-state index is 13.0. The molecule has 1 heterocycles. The van der Waals surface area contributed by atoms with Crippen LogP contribution in [0, 0.1) is 0 Å². The molecule has 3 aromatic carbocycles. The minimum Gasteiger partial charge on any atom is -0.457 e. The molecule has 192 valence electrons. The summed E-state index contributed by atoms with van der Waals surface area (Å²) in [4.78, 5) is 42.9. The third kappa shape index (κ3) is 7.03. The second-order valence-corrected chi connectivity index (χ2v) is 10.4. The maximum Gasteiger partial charge on any atom is 0.312 e. The number of hydrogen-bond donors (Lipinski definition) is 0. The van der Waals surface area contributed by atoms with Crippen LogP contribution in [0.2, 0.25) is 10.0 Å². The topological polar surface area (TPSA) is 70.2 Å². The molecule has 1 aliphatic heterocycles. The lowest BCUT2D eigenvalue weighted by molar-refractivity contribution is -0.155. The predicted octanol–water partition coefficient (Wildman–Crippen LogP) is 5.38. The van der Waals surface area contributed by atoms with Crippen molar-refractivity contribution in [2.45, 2.75) is 13.1 Å². The first kappa shape index (κ1) is 27.0. The largest absolute Gasteiger partial charge is 0.457 e. The van der Waals surface area contributed by atoms with Gasteiger partial charge in [-0.15, -0.1) is 0 Å². The number of carbonyl (C=O) groups is 3. The van der Waals surface area contributed by atoms with E-state index >= 15 is 0 Å². The number of piperazine rings is 1. The van der Waals surface area contributed by atoms with Crippen LogP contribution in [-0.4, -0.2) is 59.1 Å². The molecule has 0 aromatic heterocycles. The summed E-state index contributed by atoms with van der Waals surface area (Å²) in [5.74, 6) is -0.569.